The topological polar surface area (TPSA) is 58.0 Å². The van der Waals surface area contributed by atoms with Gasteiger partial charge < -0.3 is 10.4 Å². The van der Waals surface area contributed by atoms with Gasteiger partial charge in [0.05, 0.1) is 6.10 Å². The monoisotopic (exact) mass is 281 g/mol. The van der Waals surface area contributed by atoms with Gasteiger partial charge in [-0.05, 0) is 31.6 Å². The number of nitrogens with zero attached hydrogens (tertiary/aromatic N) is 2. The van der Waals surface area contributed by atoms with Crippen LogP contribution in [0.15, 0.2) is 0 Å². The fourth-order valence-electron chi connectivity index (χ4n) is 1.99. The number of anilines is 1. The zero-order valence-corrected chi connectivity index (χ0v) is 10.4. The second-order valence-electron chi connectivity index (χ2n) is 4.48. The van der Waals surface area contributed by atoms with Crippen molar-refractivity contribution in [2.24, 2.45) is 5.92 Å². The second kappa shape index (κ2) is 5.40. The lowest BCUT2D eigenvalue weighted by Gasteiger charge is -2.25. The number of hydrogen-bond acceptors (Lipinski definition) is 5. The van der Waals surface area contributed by atoms with E-state index in [2.05, 4.69) is 14.7 Å². The van der Waals surface area contributed by atoms with Crippen LogP contribution in [0, 0.1) is 5.92 Å². The van der Waals surface area contributed by atoms with Gasteiger partial charge in [-0.3, -0.25) is 0 Å². The van der Waals surface area contributed by atoms with Crippen LogP contribution in [-0.2, 0) is 6.18 Å². The van der Waals surface area contributed by atoms with Crippen molar-refractivity contribution in [3.05, 3.63) is 5.82 Å². The first-order valence-corrected chi connectivity index (χ1v) is 6.55. The molecule has 2 rings (SSSR count). The summed E-state index contributed by atoms with van der Waals surface area (Å²) in [5, 5.41) is 12.4. The Hall–Kier alpha value is -0.890. The van der Waals surface area contributed by atoms with Crippen molar-refractivity contribution in [3.8, 4) is 0 Å². The van der Waals surface area contributed by atoms with Gasteiger partial charge in [0.25, 0.3) is 0 Å². The second-order valence-corrected chi connectivity index (χ2v) is 5.23. The molecule has 0 radical (unpaired) electrons. The van der Waals surface area contributed by atoms with Crippen molar-refractivity contribution in [1.82, 2.24) is 9.36 Å². The standard InChI is InChI=1S/C10H14F3N3OS/c11-10(12,13)8-15-9(18-16-8)14-5-6-1-3-7(17)4-2-6/h6-7,17H,1-5H2,(H,14,15,16). The van der Waals surface area contributed by atoms with Gasteiger partial charge >= 0.3 is 6.18 Å². The van der Waals surface area contributed by atoms with Gasteiger partial charge in [0.1, 0.15) is 0 Å². The summed E-state index contributed by atoms with van der Waals surface area (Å²) in [5.74, 6) is -0.708. The largest absolute Gasteiger partial charge is 0.452 e. The van der Waals surface area contributed by atoms with Crippen molar-refractivity contribution in [3.63, 3.8) is 0 Å². The van der Waals surface area contributed by atoms with Gasteiger partial charge in [-0.1, -0.05) is 0 Å². The van der Waals surface area contributed by atoms with Gasteiger partial charge in [0, 0.05) is 18.1 Å². The molecular weight excluding hydrogens is 267 g/mol. The predicted octanol–water partition coefficient (Wildman–Crippen LogP) is 2.52. The SMILES string of the molecule is OC1CCC(CNc2nc(C(F)(F)F)ns2)CC1. The lowest BCUT2D eigenvalue weighted by atomic mass is 9.87. The first-order valence-electron chi connectivity index (χ1n) is 5.78. The molecule has 1 aromatic rings. The number of nitrogens with one attached hydrogen (secondary N) is 1. The van der Waals surface area contributed by atoms with Crippen LogP contribution in [-0.4, -0.2) is 27.1 Å². The van der Waals surface area contributed by atoms with E-state index in [1.807, 2.05) is 0 Å². The molecule has 0 aliphatic heterocycles. The van der Waals surface area contributed by atoms with Gasteiger partial charge in [-0.2, -0.15) is 22.5 Å². The molecule has 18 heavy (non-hydrogen) atoms. The molecule has 0 spiro atoms. The van der Waals surface area contributed by atoms with Crippen molar-refractivity contribution >= 4 is 16.7 Å². The fourth-order valence-corrected chi connectivity index (χ4v) is 2.58. The highest BCUT2D eigenvalue weighted by atomic mass is 32.1. The Bertz CT molecular complexity index is 388. The highest BCUT2D eigenvalue weighted by Crippen LogP contribution is 2.29. The molecule has 8 heteroatoms. The quantitative estimate of drug-likeness (QED) is 0.894. The molecule has 0 amide bonds. The molecule has 0 saturated heterocycles. The van der Waals surface area contributed by atoms with Crippen molar-refractivity contribution in [2.75, 3.05) is 11.9 Å². The highest BCUT2D eigenvalue weighted by Gasteiger charge is 2.36. The van der Waals surface area contributed by atoms with Crippen LogP contribution in [0.25, 0.3) is 0 Å². The summed E-state index contributed by atoms with van der Waals surface area (Å²) in [5.41, 5.74) is 0. The average Bonchev–Trinajstić information content (AvgIpc) is 2.77. The summed E-state index contributed by atoms with van der Waals surface area (Å²) in [6, 6.07) is 0. The molecular formula is C10H14F3N3OS. The summed E-state index contributed by atoms with van der Waals surface area (Å²) in [4.78, 5) is 3.40. The Morgan fingerprint density at radius 2 is 1.94 bits per heavy atom. The van der Waals surface area contributed by atoms with Crippen LogP contribution in [0.2, 0.25) is 0 Å². The van der Waals surface area contributed by atoms with E-state index >= 15 is 0 Å². The van der Waals surface area contributed by atoms with E-state index in [-0.39, 0.29) is 11.2 Å². The number of rotatable bonds is 3. The molecule has 0 atom stereocenters. The zero-order valence-electron chi connectivity index (χ0n) is 9.57. The summed E-state index contributed by atoms with van der Waals surface area (Å²) in [6.07, 6.45) is -1.41. The van der Waals surface area contributed by atoms with Crippen LogP contribution in [0.4, 0.5) is 18.3 Å². The molecule has 1 heterocycles. The van der Waals surface area contributed by atoms with Crippen LogP contribution in [0.5, 0.6) is 0 Å². The minimum Gasteiger partial charge on any atom is -0.393 e. The van der Waals surface area contributed by atoms with E-state index in [4.69, 9.17) is 0 Å². The van der Waals surface area contributed by atoms with E-state index in [1.54, 1.807) is 0 Å². The van der Waals surface area contributed by atoms with Crippen LogP contribution in [0.1, 0.15) is 31.5 Å². The van der Waals surface area contributed by atoms with Crippen molar-refractivity contribution < 1.29 is 18.3 Å². The molecule has 0 aromatic carbocycles. The summed E-state index contributed by atoms with van der Waals surface area (Å²) in [6.45, 7) is 0.583. The smallest absolute Gasteiger partial charge is 0.393 e. The van der Waals surface area contributed by atoms with Crippen LogP contribution < -0.4 is 5.32 Å². The number of hydrogen-bond donors (Lipinski definition) is 2. The summed E-state index contributed by atoms with van der Waals surface area (Å²) >= 11 is 0.724. The maximum atomic E-state index is 12.3. The Kier molecular flexibility index (Phi) is 4.06. The normalized spacial score (nSPS) is 25.1. The van der Waals surface area contributed by atoms with E-state index < -0.39 is 12.0 Å². The van der Waals surface area contributed by atoms with Gasteiger partial charge in [0.15, 0.2) is 0 Å². The number of aromatic nitrogens is 2. The molecule has 1 aliphatic rings. The van der Waals surface area contributed by atoms with Crippen molar-refractivity contribution in [2.45, 2.75) is 38.0 Å². The van der Waals surface area contributed by atoms with Crippen LogP contribution in [0.3, 0.4) is 0 Å². The first-order chi connectivity index (χ1) is 8.45. The highest BCUT2D eigenvalue weighted by molar-refractivity contribution is 7.09. The maximum absolute atomic E-state index is 12.3. The van der Waals surface area contributed by atoms with Gasteiger partial charge in [-0.15, -0.1) is 0 Å². The molecule has 1 fully saturated rings. The third-order valence-corrected chi connectivity index (χ3v) is 3.71. The van der Waals surface area contributed by atoms with Gasteiger partial charge in [0.2, 0.25) is 11.0 Å². The number of aliphatic hydroxyl groups excluding tert-OH is 1. The van der Waals surface area contributed by atoms with E-state index in [0.717, 1.165) is 37.2 Å². The molecule has 1 saturated carbocycles. The third-order valence-electron chi connectivity index (χ3n) is 3.04. The Morgan fingerprint density at radius 3 is 2.50 bits per heavy atom. The zero-order chi connectivity index (χ0) is 13.2. The molecule has 1 aromatic heterocycles. The lowest BCUT2D eigenvalue weighted by Crippen LogP contribution is -2.23. The average molecular weight is 281 g/mol. The molecule has 4 nitrogen and oxygen atoms in total. The van der Waals surface area contributed by atoms with Crippen molar-refractivity contribution in [1.29, 1.82) is 0 Å². The van der Waals surface area contributed by atoms with E-state index in [9.17, 15) is 18.3 Å². The number of aliphatic hydroxyl groups is 1. The van der Waals surface area contributed by atoms with E-state index in [0.29, 0.717) is 12.5 Å². The van der Waals surface area contributed by atoms with Crippen LogP contribution >= 0.6 is 11.5 Å². The molecule has 2 N–H and O–H groups in total. The minimum absolute atomic E-state index is 0.202. The molecule has 102 valence electrons. The number of halogens is 3. The lowest BCUT2D eigenvalue weighted by molar-refractivity contribution is -0.144. The summed E-state index contributed by atoms with van der Waals surface area (Å²) in [7, 11) is 0. The molecule has 1 aliphatic carbocycles. The number of alkyl halides is 3. The Labute approximate surface area is 106 Å². The third kappa shape index (κ3) is 3.55. The van der Waals surface area contributed by atoms with E-state index in [1.165, 1.54) is 0 Å². The Balaban J connectivity index is 1.82. The molecule has 0 bridgehead atoms. The first kappa shape index (κ1) is 13.5. The fraction of sp³-hybridized carbons (Fsp3) is 0.800. The minimum atomic E-state index is -4.48. The maximum Gasteiger partial charge on any atom is 0.452 e. The summed E-state index contributed by atoms with van der Waals surface area (Å²) < 4.78 is 40.1. The Morgan fingerprint density at radius 1 is 1.28 bits per heavy atom. The molecule has 0 unspecified atom stereocenters. The van der Waals surface area contributed by atoms with Gasteiger partial charge in [-0.25, -0.2) is 0 Å². The predicted molar refractivity (Wildman–Crippen MR) is 61.4 cm³/mol.